The van der Waals surface area contributed by atoms with Gasteiger partial charge in [0.15, 0.2) is 34.1 Å². The van der Waals surface area contributed by atoms with Gasteiger partial charge < -0.3 is 39.1 Å². The predicted octanol–water partition coefficient (Wildman–Crippen LogP) is 4.65. The minimum absolute atomic E-state index is 0.0300. The number of aromatic nitrogens is 1. The number of esters is 2. The van der Waals surface area contributed by atoms with E-state index in [2.05, 4.69) is 57.8 Å². The van der Waals surface area contributed by atoms with E-state index in [-0.39, 0.29) is 24.3 Å². The number of H-pyrrole nitrogens is 1. The zero-order chi connectivity index (χ0) is 38.6. The molecule has 4 N–H and O–H groups in total. The molecule has 288 valence electrons. The number of nitriles is 1. The molecule has 14 heteroatoms. The number of ether oxygens (including phenoxy) is 5. The van der Waals surface area contributed by atoms with Gasteiger partial charge in [-0.1, -0.05) is 17.7 Å². The summed E-state index contributed by atoms with van der Waals surface area (Å²) in [7, 11) is 1.55. The van der Waals surface area contributed by atoms with Crippen molar-refractivity contribution in [3.63, 3.8) is 0 Å². The van der Waals surface area contributed by atoms with Crippen molar-refractivity contribution in [3.8, 4) is 34.8 Å². The monoisotopic (exact) mass is 775 g/mol. The van der Waals surface area contributed by atoms with Crippen molar-refractivity contribution in [1.82, 2.24) is 20.5 Å². The van der Waals surface area contributed by atoms with E-state index in [1.54, 1.807) is 18.9 Å². The van der Waals surface area contributed by atoms with Gasteiger partial charge in [-0.15, -0.1) is 11.8 Å². The Bertz CT molecular complexity index is 2510. The maximum Gasteiger partial charge on any atom is 0.334 e. The van der Waals surface area contributed by atoms with E-state index < -0.39 is 52.5 Å². The number of fused-ring (bicyclic) bond motifs is 13. The molecule has 8 atom stereocenters. The minimum Gasteiger partial charge on any atom is -0.504 e. The number of nitrogens with zero attached hydrogens (tertiary/aromatic N) is 2. The molecule has 4 unspecified atom stereocenters. The van der Waals surface area contributed by atoms with E-state index in [4.69, 9.17) is 23.7 Å². The van der Waals surface area contributed by atoms with Crippen LogP contribution in [0.25, 0.3) is 10.9 Å². The highest BCUT2D eigenvalue weighted by Gasteiger charge is 2.71. The molecule has 2 fully saturated rings. The summed E-state index contributed by atoms with van der Waals surface area (Å²) in [6.45, 7) is 7.70. The number of phenolic OH excluding ortho intramolecular Hbond substituents is 1. The summed E-state index contributed by atoms with van der Waals surface area (Å²) in [6, 6.07) is 8.67. The van der Waals surface area contributed by atoms with E-state index >= 15 is 4.79 Å². The zero-order valence-corrected chi connectivity index (χ0v) is 32.4. The van der Waals surface area contributed by atoms with Gasteiger partial charge in [-0.2, -0.15) is 5.26 Å². The lowest BCUT2D eigenvalue weighted by atomic mass is 9.72. The summed E-state index contributed by atoms with van der Waals surface area (Å²) in [5, 5.41) is 31.1. The number of aromatic amines is 1. The van der Waals surface area contributed by atoms with Crippen LogP contribution >= 0.6 is 11.8 Å². The molecule has 3 aromatic carbocycles. The van der Waals surface area contributed by atoms with Crippen molar-refractivity contribution in [3.05, 3.63) is 74.5 Å². The molecule has 11 rings (SSSR count). The number of nitrogens with one attached hydrogen (secondary N) is 3. The number of hydrogen-bond donors (Lipinski definition) is 4. The second kappa shape index (κ2) is 11.6. The number of piperidine rings is 1. The number of aryl methyl sites for hydroxylation is 2. The second-order valence-electron chi connectivity index (χ2n) is 16.4. The summed E-state index contributed by atoms with van der Waals surface area (Å²) in [5.74, 6) is 1.10. The number of rotatable bonds is 2. The van der Waals surface area contributed by atoms with Gasteiger partial charge in [0.1, 0.15) is 11.8 Å². The average Bonchev–Trinajstić information content (AvgIpc) is 3.85. The van der Waals surface area contributed by atoms with E-state index in [0.29, 0.717) is 64.6 Å². The van der Waals surface area contributed by atoms with Gasteiger partial charge in [0.2, 0.25) is 6.79 Å². The number of piperazine rings is 1. The first-order chi connectivity index (χ1) is 27.0. The molecule has 0 amide bonds. The Labute approximate surface area is 326 Å². The molecule has 13 nitrogen and oxygen atoms in total. The van der Waals surface area contributed by atoms with Gasteiger partial charge in [0, 0.05) is 76.9 Å². The third kappa shape index (κ3) is 4.16. The Kier molecular flexibility index (Phi) is 7.09. The third-order valence-electron chi connectivity index (χ3n) is 13.5. The first-order valence-corrected chi connectivity index (χ1v) is 20.2. The highest BCUT2D eigenvalue weighted by Crippen LogP contribution is 2.70. The second-order valence-corrected chi connectivity index (χ2v) is 17.5. The van der Waals surface area contributed by atoms with Gasteiger partial charge in [0.25, 0.3) is 0 Å². The summed E-state index contributed by atoms with van der Waals surface area (Å²) >= 11 is 1.63. The lowest BCUT2D eigenvalue weighted by Crippen LogP contribution is -2.72. The number of carbonyl (C=O) groups is 2. The van der Waals surface area contributed by atoms with Crippen LogP contribution in [-0.2, 0) is 38.3 Å². The van der Waals surface area contributed by atoms with Crippen LogP contribution < -0.4 is 29.6 Å². The van der Waals surface area contributed by atoms with Crippen LogP contribution in [0.1, 0.15) is 75.6 Å². The van der Waals surface area contributed by atoms with E-state index in [1.165, 1.54) is 6.92 Å². The summed E-state index contributed by atoms with van der Waals surface area (Å²) in [5.41, 5.74) is 5.73. The van der Waals surface area contributed by atoms with E-state index in [0.717, 1.165) is 45.3 Å². The molecule has 6 aliphatic heterocycles. The Morgan fingerprint density at radius 2 is 1.96 bits per heavy atom. The van der Waals surface area contributed by atoms with Crippen molar-refractivity contribution in [1.29, 1.82) is 5.26 Å². The van der Waals surface area contributed by atoms with Gasteiger partial charge in [-0.3, -0.25) is 15.0 Å². The normalized spacial score (nSPS) is 31.7. The molecule has 56 heavy (non-hydrogen) atoms. The van der Waals surface area contributed by atoms with Gasteiger partial charge in [-0.05, 0) is 62.4 Å². The minimum atomic E-state index is -1.35. The van der Waals surface area contributed by atoms with Crippen molar-refractivity contribution in [2.75, 3.05) is 26.2 Å². The van der Waals surface area contributed by atoms with Crippen molar-refractivity contribution >= 4 is 34.6 Å². The molecule has 0 saturated carbocycles. The van der Waals surface area contributed by atoms with Crippen molar-refractivity contribution < 1.29 is 38.4 Å². The molecule has 1 aliphatic carbocycles. The molecule has 0 radical (unpaired) electrons. The zero-order valence-electron chi connectivity index (χ0n) is 31.6. The first-order valence-electron chi connectivity index (χ1n) is 19.2. The topological polar surface area (TPSA) is 167 Å². The number of phenols is 1. The summed E-state index contributed by atoms with van der Waals surface area (Å²) in [6.07, 6.45) is 1.56. The Hall–Kier alpha value is -4.94. The van der Waals surface area contributed by atoms with Crippen LogP contribution in [0.3, 0.4) is 0 Å². The lowest BCUT2D eigenvalue weighted by molar-refractivity contribution is -0.179. The molecule has 4 aromatic rings. The maximum atomic E-state index is 15.4. The highest BCUT2D eigenvalue weighted by atomic mass is 32.2. The average molecular weight is 776 g/mol. The quantitative estimate of drug-likeness (QED) is 0.164. The Morgan fingerprint density at radius 1 is 1.14 bits per heavy atom. The summed E-state index contributed by atoms with van der Waals surface area (Å²) in [4.78, 5) is 34.3. The standard InChI is InChI=1S/C42H41N5O8S/c1-17-6-7-24-23(10-17)22-8-9-44-41(38(22)46-24)15-56-39-32-31-28-21(11-18(2)34(51-5)33(28)49)12-25(45-31)27(14-43)47(32)26-13-42(39,55-40(41)50)30-29(26)37-36(52-16-53-37)19(3)35(30)54-20(4)48/h6-7,10-11,25-27,31-32,39,44-46,49H,8-9,12-13,15-16H2,1-5H3/t25?,26-,27-,31?,32?,39-,41+,42?/m0/s1. The van der Waals surface area contributed by atoms with Crippen molar-refractivity contribution in [2.45, 2.75) is 93.6 Å². The smallest absolute Gasteiger partial charge is 0.334 e. The maximum absolute atomic E-state index is 15.4. The van der Waals surface area contributed by atoms with Gasteiger partial charge in [-0.25, -0.2) is 4.79 Å². The Morgan fingerprint density at radius 3 is 2.75 bits per heavy atom. The number of benzene rings is 3. The van der Waals surface area contributed by atoms with Crippen LogP contribution in [-0.4, -0.2) is 76.5 Å². The molecule has 2 saturated heterocycles. The number of thioether (sulfide) groups is 1. The van der Waals surface area contributed by atoms with Crippen LogP contribution in [0.4, 0.5) is 0 Å². The first kappa shape index (κ1) is 34.3. The third-order valence-corrected chi connectivity index (χ3v) is 15.1. The number of aromatic hydroxyl groups is 1. The van der Waals surface area contributed by atoms with Crippen LogP contribution in [0.15, 0.2) is 24.3 Å². The van der Waals surface area contributed by atoms with Crippen LogP contribution in [0.5, 0.6) is 28.7 Å². The van der Waals surface area contributed by atoms with E-state index in [9.17, 15) is 15.2 Å². The molecule has 7 aliphatic rings. The van der Waals surface area contributed by atoms with Crippen LogP contribution in [0, 0.1) is 32.1 Å². The molecular weight excluding hydrogens is 735 g/mol. The van der Waals surface area contributed by atoms with Gasteiger partial charge >= 0.3 is 11.9 Å². The fourth-order valence-corrected chi connectivity index (χ4v) is 13.3. The number of methoxy groups -OCH3 is 1. The lowest BCUT2D eigenvalue weighted by Gasteiger charge is -2.59. The van der Waals surface area contributed by atoms with Crippen molar-refractivity contribution in [2.24, 2.45) is 0 Å². The fourth-order valence-electron chi connectivity index (χ4n) is 11.4. The number of hydrogen-bond acceptors (Lipinski definition) is 13. The largest absolute Gasteiger partial charge is 0.504 e. The number of carbonyl (C=O) groups excluding carboxylic acids is 2. The predicted molar refractivity (Wildman–Crippen MR) is 204 cm³/mol. The molecular formula is C42H41N5O8S. The SMILES string of the molecule is COc1c(C)cc2c(c1O)C1NC(C2)[C@H](C#N)N2C1[C@@H]1SC[C@]3(NCCc4c3[nH]c3ccc(C)cc43)C(=O)OC13C[C@H]2c1c2c(c(C)c(OC(C)=O)c13)OCO2. The highest BCUT2D eigenvalue weighted by molar-refractivity contribution is 8.00. The van der Waals surface area contributed by atoms with Crippen LogP contribution in [0.2, 0.25) is 0 Å². The molecule has 7 heterocycles. The van der Waals surface area contributed by atoms with E-state index in [1.807, 2.05) is 13.8 Å². The fraction of sp³-hybridized carbons (Fsp3) is 0.452. The summed E-state index contributed by atoms with van der Waals surface area (Å²) < 4.78 is 31.4. The van der Waals surface area contributed by atoms with Gasteiger partial charge in [0.05, 0.1) is 30.2 Å². The molecule has 1 aromatic heterocycles. The molecule has 4 bridgehead atoms. The Balaban J connectivity index is 1.19. The molecule has 2 spiro atoms.